The Balaban J connectivity index is 1.26. The number of benzene rings is 2. The lowest BCUT2D eigenvalue weighted by atomic mass is 10.0. The van der Waals surface area contributed by atoms with Gasteiger partial charge in [-0.2, -0.15) is 0 Å². The second kappa shape index (κ2) is 24.6. The van der Waals surface area contributed by atoms with Crippen molar-refractivity contribution in [2.75, 3.05) is 33.4 Å². The summed E-state index contributed by atoms with van der Waals surface area (Å²) in [6, 6.07) is 19.6. The Labute approximate surface area is 374 Å². The van der Waals surface area contributed by atoms with Crippen molar-refractivity contribution in [3.8, 4) is 0 Å². The lowest BCUT2D eigenvalue weighted by Gasteiger charge is -2.44. The average molecular weight is 880 g/mol. The number of unbranched alkanes of at least 4 members (excludes halogenated alkanes) is 12. The summed E-state index contributed by atoms with van der Waals surface area (Å²) in [5.74, 6) is -1.20. The molecule has 348 valence electrons. The third-order valence-corrected chi connectivity index (χ3v) is 18.4. The third-order valence-electron chi connectivity index (χ3n) is 13.4. The lowest BCUT2D eigenvalue weighted by molar-refractivity contribution is -0.249. The number of hydrogen-bond donors (Lipinski definition) is 2. The van der Waals surface area contributed by atoms with Gasteiger partial charge in [0.2, 0.25) is 5.91 Å². The van der Waals surface area contributed by atoms with E-state index in [2.05, 4.69) is 81.5 Å². The molecule has 0 bridgehead atoms. The van der Waals surface area contributed by atoms with E-state index in [1.165, 1.54) is 64.2 Å². The molecule has 0 spiro atoms. The van der Waals surface area contributed by atoms with E-state index >= 15 is 0 Å². The smallest absolute Gasteiger partial charge is 0.306 e. The number of nitrogens with one attached hydrogen (secondary N) is 1. The topological polar surface area (TPSA) is 131 Å². The van der Waals surface area contributed by atoms with Gasteiger partial charge in [0, 0.05) is 19.5 Å². The zero-order valence-electron chi connectivity index (χ0n) is 39.2. The normalized spacial score (nSPS) is 25.4. The molecule has 3 aliphatic rings. The third kappa shape index (κ3) is 13.0. The second-order valence-corrected chi connectivity index (χ2v) is 23.3. The highest BCUT2D eigenvalue weighted by Gasteiger charge is 2.58. The van der Waals surface area contributed by atoms with Gasteiger partial charge >= 0.3 is 5.97 Å². The Kier molecular flexibility index (Phi) is 19.9. The highest BCUT2D eigenvalue weighted by molar-refractivity contribution is 6.99. The summed E-state index contributed by atoms with van der Waals surface area (Å²) in [6.45, 7) is 13.8. The Morgan fingerprint density at radius 2 is 1.34 bits per heavy atom. The SMILES string of the molecule is CCCCCCCCCCCCCCCC(=O)O[C@H]1CN(C)[C@@H](CO[C@@H]2O[C@H](CN)[C@H]3OC(CC)(CC)O[C@@H]23)C(=O)N[C@@H]1CO[Si](c1ccccc1)(c1ccccc1)C(C)(C)C. The van der Waals surface area contributed by atoms with Crippen LogP contribution in [-0.2, 0) is 37.7 Å². The molecule has 3 saturated heterocycles. The van der Waals surface area contributed by atoms with Crippen LogP contribution in [0, 0.1) is 0 Å². The Morgan fingerprint density at radius 3 is 1.85 bits per heavy atom. The van der Waals surface area contributed by atoms with Crippen LogP contribution in [0.25, 0.3) is 0 Å². The molecule has 11 nitrogen and oxygen atoms in total. The van der Waals surface area contributed by atoms with Gasteiger partial charge in [-0.05, 0) is 41.7 Å². The number of esters is 1. The maximum Gasteiger partial charge on any atom is 0.306 e. The van der Waals surface area contributed by atoms with Crippen molar-refractivity contribution in [1.82, 2.24) is 10.2 Å². The molecule has 0 saturated carbocycles. The molecule has 3 N–H and O–H groups in total. The van der Waals surface area contributed by atoms with Crippen LogP contribution in [0.2, 0.25) is 5.04 Å². The number of ether oxygens (including phenoxy) is 5. The summed E-state index contributed by atoms with van der Waals surface area (Å²) in [5, 5.41) is 5.27. The molecule has 3 heterocycles. The van der Waals surface area contributed by atoms with Crippen molar-refractivity contribution in [2.24, 2.45) is 5.73 Å². The number of carbonyl (C=O) groups excluding carboxylic acids is 2. The predicted octanol–water partition coefficient (Wildman–Crippen LogP) is 7.76. The summed E-state index contributed by atoms with van der Waals surface area (Å²) < 4.78 is 39.2. The van der Waals surface area contributed by atoms with Crippen molar-refractivity contribution >= 4 is 30.6 Å². The molecule has 3 fully saturated rings. The van der Waals surface area contributed by atoms with E-state index in [9.17, 15) is 9.59 Å². The molecule has 2 aromatic carbocycles. The van der Waals surface area contributed by atoms with E-state index in [1.807, 2.05) is 37.9 Å². The Hall–Kier alpha value is -2.68. The highest BCUT2D eigenvalue weighted by atomic mass is 28.4. The van der Waals surface area contributed by atoms with Gasteiger partial charge in [0.25, 0.3) is 8.32 Å². The number of amides is 1. The number of nitrogens with zero attached hydrogens (tertiary/aromatic N) is 1. The first-order valence-electron chi connectivity index (χ1n) is 24.2. The minimum Gasteiger partial charge on any atom is -0.459 e. The predicted molar refractivity (Wildman–Crippen MR) is 249 cm³/mol. The van der Waals surface area contributed by atoms with Gasteiger partial charge in [-0.15, -0.1) is 0 Å². The monoisotopic (exact) mass is 880 g/mol. The number of hydrogen-bond acceptors (Lipinski definition) is 10. The zero-order valence-corrected chi connectivity index (χ0v) is 40.2. The van der Waals surface area contributed by atoms with Crippen LogP contribution in [0.4, 0.5) is 0 Å². The van der Waals surface area contributed by atoms with Crippen LogP contribution >= 0.6 is 0 Å². The molecule has 5 rings (SSSR count). The van der Waals surface area contributed by atoms with Gasteiger partial charge in [0.1, 0.15) is 30.5 Å². The van der Waals surface area contributed by atoms with E-state index in [0.29, 0.717) is 25.8 Å². The molecule has 62 heavy (non-hydrogen) atoms. The van der Waals surface area contributed by atoms with Crippen molar-refractivity contribution in [2.45, 2.75) is 198 Å². The molecule has 12 heteroatoms. The van der Waals surface area contributed by atoms with E-state index in [4.69, 9.17) is 33.8 Å². The Bertz CT molecular complexity index is 1570. The molecule has 1 amide bonds. The molecule has 0 aromatic heterocycles. The fraction of sp³-hybridized carbons (Fsp3) is 0.720. The van der Waals surface area contributed by atoms with E-state index < -0.39 is 44.7 Å². The zero-order chi connectivity index (χ0) is 44.6. The molecule has 0 radical (unpaired) electrons. The van der Waals surface area contributed by atoms with Gasteiger partial charge in [-0.1, -0.05) is 179 Å². The first-order chi connectivity index (χ1) is 29.9. The van der Waals surface area contributed by atoms with Crippen molar-refractivity contribution in [3.05, 3.63) is 60.7 Å². The van der Waals surface area contributed by atoms with E-state index in [-0.39, 0.29) is 48.9 Å². The molecule has 0 unspecified atom stereocenters. The van der Waals surface area contributed by atoms with Gasteiger partial charge in [-0.3, -0.25) is 14.5 Å². The Morgan fingerprint density at radius 1 is 0.806 bits per heavy atom. The standard InChI is InChI=1S/C50H81N3O8Si/c1-8-11-12-13-14-15-16-17-18-19-20-21-28-33-44(54)58-43-35-53(7)41(37-56-48-46-45(42(34-51)59-48)60-50(9-2,10-3)61-46)47(55)52-40(43)36-57-62(49(4,5)6,38-29-24-22-25-30-38)39-31-26-23-27-32-39/h22-27,29-32,40-43,45-46,48H,8-21,28,33-37,51H2,1-7H3,(H,52,55)/t40-,41+,42-,43+,45-,46-,48-/m1/s1. The maximum atomic E-state index is 14.4. The molecule has 2 aromatic rings. The molecular weight excluding hydrogens is 799 g/mol. The van der Waals surface area contributed by atoms with E-state index in [0.717, 1.165) is 29.6 Å². The first kappa shape index (κ1) is 50.3. The van der Waals surface area contributed by atoms with Gasteiger partial charge < -0.3 is 39.2 Å². The molecule has 0 aliphatic carbocycles. The number of rotatable bonds is 26. The van der Waals surface area contributed by atoms with Gasteiger partial charge in [-0.25, -0.2) is 0 Å². The number of nitrogens with two attached hydrogens (primary N) is 1. The maximum absolute atomic E-state index is 14.4. The van der Waals surface area contributed by atoms with Crippen molar-refractivity contribution in [1.29, 1.82) is 0 Å². The summed E-state index contributed by atoms with van der Waals surface area (Å²) >= 11 is 0. The van der Waals surface area contributed by atoms with Crippen LogP contribution in [0.3, 0.4) is 0 Å². The number of carbonyl (C=O) groups is 2. The molecule has 3 aliphatic heterocycles. The van der Waals surface area contributed by atoms with Crippen LogP contribution in [0.15, 0.2) is 60.7 Å². The second-order valence-electron chi connectivity index (χ2n) is 19.0. The quantitative estimate of drug-likeness (QED) is 0.0550. The van der Waals surface area contributed by atoms with Crippen LogP contribution in [0.5, 0.6) is 0 Å². The number of likely N-dealkylation sites (N-methyl/N-ethyl adjacent to an activating group) is 1. The van der Waals surface area contributed by atoms with E-state index in [1.54, 1.807) is 0 Å². The highest BCUT2D eigenvalue weighted by Crippen LogP contribution is 2.42. The first-order valence-corrected chi connectivity index (χ1v) is 26.1. The summed E-state index contributed by atoms with van der Waals surface area (Å²) in [4.78, 5) is 29.9. The van der Waals surface area contributed by atoms with Crippen LogP contribution in [-0.4, -0.2) is 107 Å². The minimum atomic E-state index is -2.98. The molecular formula is C50H81N3O8Si. The van der Waals surface area contributed by atoms with Gasteiger partial charge in [0.15, 0.2) is 12.1 Å². The molecule has 7 atom stereocenters. The summed E-state index contributed by atoms with van der Waals surface area (Å²) in [7, 11) is -1.11. The largest absolute Gasteiger partial charge is 0.459 e. The van der Waals surface area contributed by atoms with Crippen LogP contribution in [0.1, 0.15) is 144 Å². The minimum absolute atomic E-state index is 0.0318. The average Bonchev–Trinajstić information content (AvgIpc) is 3.78. The number of fused-ring (bicyclic) bond motifs is 1. The van der Waals surface area contributed by atoms with Crippen LogP contribution < -0.4 is 21.4 Å². The van der Waals surface area contributed by atoms with Gasteiger partial charge in [0.05, 0.1) is 19.3 Å². The van der Waals surface area contributed by atoms with Crippen molar-refractivity contribution in [3.63, 3.8) is 0 Å². The summed E-state index contributed by atoms with van der Waals surface area (Å²) in [5.41, 5.74) is 6.11. The fourth-order valence-corrected chi connectivity index (χ4v) is 14.2. The summed E-state index contributed by atoms with van der Waals surface area (Å²) in [6.07, 6.45) is 15.2. The lowest BCUT2D eigenvalue weighted by Crippen LogP contribution is -2.68. The fourth-order valence-electron chi connectivity index (χ4n) is 9.65. The van der Waals surface area contributed by atoms with Crippen molar-refractivity contribution < 1.29 is 37.7 Å².